The van der Waals surface area contributed by atoms with Crippen LogP contribution in [0.2, 0.25) is 0 Å². The Morgan fingerprint density at radius 3 is 2.56 bits per heavy atom. The number of rotatable bonds is 8. The van der Waals surface area contributed by atoms with Crippen LogP contribution in [0.4, 0.5) is 0 Å². The molecule has 1 aromatic rings. The number of carbonyl (C=O) groups excluding carboxylic acids is 1. The highest BCUT2D eigenvalue weighted by Gasteiger charge is 2.07. The van der Waals surface area contributed by atoms with Gasteiger partial charge in [0.05, 0.1) is 8.66 Å². The quantitative estimate of drug-likeness (QED) is 0.717. The molecule has 18 heavy (non-hydrogen) atoms. The van der Waals surface area contributed by atoms with Gasteiger partial charge in [0, 0.05) is 13.0 Å². The Morgan fingerprint density at radius 1 is 1.22 bits per heavy atom. The van der Waals surface area contributed by atoms with Crippen molar-refractivity contribution in [2.24, 2.45) is 0 Å². The number of amides is 1. The second-order valence-corrected chi connectivity index (χ2v) is 6.38. The molecule has 1 rings (SSSR count). The second-order valence-electron chi connectivity index (χ2n) is 3.92. The van der Waals surface area contributed by atoms with Crippen molar-refractivity contribution >= 4 is 39.1 Å². The Morgan fingerprint density at radius 2 is 1.94 bits per heavy atom. The van der Waals surface area contributed by atoms with Gasteiger partial charge in [-0.25, -0.2) is 0 Å². The van der Waals surface area contributed by atoms with Crippen LogP contribution in [0.5, 0.6) is 0 Å². The Kier molecular flexibility index (Phi) is 6.97. The smallest absolute Gasteiger partial charge is 0.303 e. The number of hydrogen-bond acceptors (Lipinski definition) is 3. The molecular weight excluding hydrogens is 318 g/mol. The first-order valence-corrected chi connectivity index (χ1v) is 7.46. The molecule has 100 valence electrons. The summed E-state index contributed by atoms with van der Waals surface area (Å²) in [6.07, 6.45) is 3.67. The topological polar surface area (TPSA) is 66.4 Å². The van der Waals surface area contributed by atoms with Crippen molar-refractivity contribution in [3.05, 3.63) is 20.8 Å². The summed E-state index contributed by atoms with van der Waals surface area (Å²) in [6.45, 7) is 0.640. The largest absolute Gasteiger partial charge is 0.481 e. The first-order valence-electron chi connectivity index (χ1n) is 5.85. The number of halogens is 1. The predicted molar refractivity (Wildman–Crippen MR) is 75.1 cm³/mol. The van der Waals surface area contributed by atoms with E-state index < -0.39 is 5.97 Å². The summed E-state index contributed by atoms with van der Waals surface area (Å²) in [7, 11) is 0. The molecule has 0 radical (unpaired) electrons. The number of thiophene rings is 1. The maximum Gasteiger partial charge on any atom is 0.303 e. The molecule has 0 aliphatic heterocycles. The first-order chi connectivity index (χ1) is 8.59. The van der Waals surface area contributed by atoms with Gasteiger partial charge in [-0.3, -0.25) is 9.59 Å². The van der Waals surface area contributed by atoms with Crippen LogP contribution in [0, 0.1) is 0 Å². The van der Waals surface area contributed by atoms with Crippen LogP contribution in [0.3, 0.4) is 0 Å². The van der Waals surface area contributed by atoms with E-state index in [9.17, 15) is 9.59 Å². The van der Waals surface area contributed by atoms with Crippen molar-refractivity contribution in [2.75, 3.05) is 6.54 Å². The summed E-state index contributed by atoms with van der Waals surface area (Å²) in [5.41, 5.74) is 0. The third kappa shape index (κ3) is 6.16. The molecule has 0 unspecified atom stereocenters. The average molecular weight is 334 g/mol. The molecule has 0 aliphatic carbocycles. The van der Waals surface area contributed by atoms with Crippen LogP contribution < -0.4 is 5.32 Å². The molecule has 0 aromatic carbocycles. The Hall–Kier alpha value is -0.880. The molecule has 1 amide bonds. The zero-order valence-corrected chi connectivity index (χ0v) is 12.3. The number of hydrogen-bond donors (Lipinski definition) is 2. The lowest BCUT2D eigenvalue weighted by molar-refractivity contribution is -0.137. The summed E-state index contributed by atoms with van der Waals surface area (Å²) in [6, 6.07) is 3.64. The lowest BCUT2D eigenvalue weighted by Gasteiger charge is -2.03. The van der Waals surface area contributed by atoms with E-state index in [4.69, 9.17) is 5.11 Å². The summed E-state index contributed by atoms with van der Waals surface area (Å²) in [4.78, 5) is 22.6. The SMILES string of the molecule is O=C(O)CCCCCCNC(=O)c1ccc(Br)s1. The van der Waals surface area contributed by atoms with E-state index in [0.29, 0.717) is 17.8 Å². The van der Waals surface area contributed by atoms with Crippen molar-refractivity contribution in [3.8, 4) is 0 Å². The van der Waals surface area contributed by atoms with Gasteiger partial charge in [0.2, 0.25) is 0 Å². The minimum atomic E-state index is -0.744. The maximum atomic E-state index is 11.6. The summed E-state index contributed by atoms with van der Waals surface area (Å²) < 4.78 is 0.946. The molecule has 0 saturated heterocycles. The normalized spacial score (nSPS) is 10.3. The van der Waals surface area contributed by atoms with E-state index in [2.05, 4.69) is 21.2 Å². The second kappa shape index (κ2) is 8.26. The number of carbonyl (C=O) groups is 2. The van der Waals surface area contributed by atoms with Gasteiger partial charge in [0.25, 0.3) is 5.91 Å². The van der Waals surface area contributed by atoms with Gasteiger partial charge < -0.3 is 10.4 Å². The van der Waals surface area contributed by atoms with Gasteiger partial charge >= 0.3 is 5.97 Å². The van der Waals surface area contributed by atoms with E-state index in [1.54, 1.807) is 6.07 Å². The number of aliphatic carboxylic acids is 1. The highest BCUT2D eigenvalue weighted by Crippen LogP contribution is 2.21. The fourth-order valence-electron chi connectivity index (χ4n) is 1.48. The van der Waals surface area contributed by atoms with Crippen LogP contribution in [0.1, 0.15) is 41.8 Å². The Balaban J connectivity index is 2.04. The van der Waals surface area contributed by atoms with E-state index in [0.717, 1.165) is 23.0 Å². The lowest BCUT2D eigenvalue weighted by Crippen LogP contribution is -2.23. The number of carboxylic acid groups (broad SMARTS) is 1. The average Bonchev–Trinajstić information content (AvgIpc) is 2.74. The van der Waals surface area contributed by atoms with Crippen LogP contribution in [0.25, 0.3) is 0 Å². The fourth-order valence-corrected chi connectivity index (χ4v) is 2.78. The van der Waals surface area contributed by atoms with Crippen molar-refractivity contribution in [1.29, 1.82) is 0 Å². The van der Waals surface area contributed by atoms with E-state index in [1.807, 2.05) is 6.07 Å². The van der Waals surface area contributed by atoms with E-state index >= 15 is 0 Å². The van der Waals surface area contributed by atoms with E-state index in [-0.39, 0.29) is 12.3 Å². The van der Waals surface area contributed by atoms with Gasteiger partial charge in [-0.2, -0.15) is 0 Å². The van der Waals surface area contributed by atoms with Crippen LogP contribution >= 0.6 is 27.3 Å². The Labute approximate surface area is 119 Å². The van der Waals surface area contributed by atoms with Crippen LogP contribution in [-0.4, -0.2) is 23.5 Å². The molecule has 6 heteroatoms. The number of nitrogens with one attached hydrogen (secondary N) is 1. The van der Waals surface area contributed by atoms with Crippen molar-refractivity contribution in [2.45, 2.75) is 32.1 Å². The van der Waals surface area contributed by atoms with Gasteiger partial charge in [0.1, 0.15) is 0 Å². The van der Waals surface area contributed by atoms with Gasteiger partial charge in [-0.05, 0) is 40.9 Å². The summed E-state index contributed by atoms with van der Waals surface area (Å²) >= 11 is 4.72. The fraction of sp³-hybridized carbons (Fsp3) is 0.500. The van der Waals surface area contributed by atoms with Gasteiger partial charge in [0.15, 0.2) is 0 Å². The highest BCUT2D eigenvalue weighted by molar-refractivity contribution is 9.11. The maximum absolute atomic E-state index is 11.6. The highest BCUT2D eigenvalue weighted by atomic mass is 79.9. The van der Waals surface area contributed by atoms with Crippen molar-refractivity contribution < 1.29 is 14.7 Å². The molecular formula is C12H16BrNO3S. The predicted octanol–water partition coefficient (Wildman–Crippen LogP) is 3.28. The Bertz CT molecular complexity index is 406. The molecule has 0 aliphatic rings. The minimum Gasteiger partial charge on any atom is -0.481 e. The monoisotopic (exact) mass is 333 g/mol. The summed E-state index contributed by atoms with van der Waals surface area (Å²) in [5.74, 6) is -0.789. The molecule has 2 N–H and O–H groups in total. The third-order valence-corrected chi connectivity index (χ3v) is 4.02. The van der Waals surface area contributed by atoms with Gasteiger partial charge in [-0.15, -0.1) is 11.3 Å². The standard InChI is InChI=1S/C12H16BrNO3S/c13-10-7-6-9(18-10)12(17)14-8-4-2-1-3-5-11(15)16/h6-7H,1-5,8H2,(H,14,17)(H,15,16). The molecule has 1 aromatic heterocycles. The molecule has 0 spiro atoms. The molecule has 1 heterocycles. The van der Waals surface area contributed by atoms with Crippen LogP contribution in [0.15, 0.2) is 15.9 Å². The van der Waals surface area contributed by atoms with E-state index in [1.165, 1.54) is 11.3 Å². The lowest BCUT2D eigenvalue weighted by atomic mass is 10.1. The molecule has 0 fully saturated rings. The molecule has 0 atom stereocenters. The van der Waals surface area contributed by atoms with Crippen molar-refractivity contribution in [1.82, 2.24) is 5.32 Å². The minimum absolute atomic E-state index is 0.0452. The van der Waals surface area contributed by atoms with Crippen molar-refractivity contribution in [3.63, 3.8) is 0 Å². The molecule has 4 nitrogen and oxygen atoms in total. The number of unbranched alkanes of at least 4 members (excludes halogenated alkanes) is 3. The third-order valence-electron chi connectivity index (χ3n) is 2.40. The number of carboxylic acids is 1. The summed E-state index contributed by atoms with van der Waals surface area (Å²) in [5, 5.41) is 11.3. The molecule has 0 bridgehead atoms. The zero-order valence-electron chi connectivity index (χ0n) is 9.95. The first kappa shape index (κ1) is 15.2. The molecule has 0 saturated carbocycles. The zero-order chi connectivity index (χ0) is 13.4. The van der Waals surface area contributed by atoms with Crippen LogP contribution in [-0.2, 0) is 4.79 Å². The van der Waals surface area contributed by atoms with Gasteiger partial charge in [-0.1, -0.05) is 12.8 Å².